The van der Waals surface area contributed by atoms with Gasteiger partial charge in [0.05, 0.1) is 13.7 Å². The summed E-state index contributed by atoms with van der Waals surface area (Å²) in [7, 11) is 1.47. The molecule has 0 aromatic carbocycles. The molecular weight excluding hydrogens is 80.0 g/mol. The Hall–Kier alpha value is -0.500. The lowest BCUT2D eigenvalue weighted by molar-refractivity contribution is 0.209. The van der Waals surface area contributed by atoms with E-state index in [0.29, 0.717) is 5.76 Å². The number of hydrogen-bond donors (Lipinski definition) is 1. The Kier molecular flexibility index (Phi) is 2.50. The SMILES string of the molecule is C=C(CO)OC. The Morgan fingerprint density at radius 1 is 2.00 bits per heavy atom. The molecule has 0 unspecified atom stereocenters. The molecule has 0 saturated carbocycles. The standard InChI is InChI=1S/C4H8O2/c1-4(3-5)6-2/h5H,1,3H2,2H3. The van der Waals surface area contributed by atoms with E-state index in [2.05, 4.69) is 11.3 Å². The third kappa shape index (κ3) is 1.79. The number of methoxy groups -OCH3 is 1. The van der Waals surface area contributed by atoms with Crippen LogP contribution in [0.4, 0.5) is 0 Å². The zero-order chi connectivity index (χ0) is 4.99. The molecule has 0 amide bonds. The number of ether oxygens (including phenoxy) is 1. The number of rotatable bonds is 2. The van der Waals surface area contributed by atoms with Gasteiger partial charge >= 0.3 is 0 Å². The first-order valence-corrected chi connectivity index (χ1v) is 1.64. The fourth-order valence-corrected chi connectivity index (χ4v) is 0.0645. The average molecular weight is 88.1 g/mol. The molecule has 0 radical (unpaired) electrons. The molecule has 0 rings (SSSR count). The second-order valence-corrected chi connectivity index (χ2v) is 0.901. The predicted octanol–water partition coefficient (Wildman–Crippen LogP) is 0.139. The topological polar surface area (TPSA) is 29.5 Å². The summed E-state index contributed by atoms with van der Waals surface area (Å²) in [5.41, 5.74) is 0. The minimum Gasteiger partial charge on any atom is -0.499 e. The van der Waals surface area contributed by atoms with Crippen LogP contribution in [0.1, 0.15) is 0 Å². The Morgan fingerprint density at radius 2 is 2.50 bits per heavy atom. The van der Waals surface area contributed by atoms with Crippen LogP contribution in [-0.2, 0) is 4.74 Å². The maximum Gasteiger partial charge on any atom is 0.114 e. The van der Waals surface area contributed by atoms with Gasteiger partial charge in [-0.05, 0) is 0 Å². The van der Waals surface area contributed by atoms with Crippen LogP contribution in [0.2, 0.25) is 0 Å². The van der Waals surface area contributed by atoms with Gasteiger partial charge in [0.2, 0.25) is 0 Å². The minimum atomic E-state index is -0.0868. The van der Waals surface area contributed by atoms with Crippen molar-refractivity contribution in [3.05, 3.63) is 12.3 Å². The third-order valence-electron chi connectivity index (χ3n) is 0.465. The molecular formula is C4H8O2. The van der Waals surface area contributed by atoms with E-state index >= 15 is 0 Å². The van der Waals surface area contributed by atoms with E-state index in [1.807, 2.05) is 0 Å². The summed E-state index contributed by atoms with van der Waals surface area (Å²) in [4.78, 5) is 0. The van der Waals surface area contributed by atoms with Crippen molar-refractivity contribution in [2.75, 3.05) is 13.7 Å². The molecule has 0 aromatic heterocycles. The van der Waals surface area contributed by atoms with Crippen molar-refractivity contribution in [2.45, 2.75) is 0 Å². The predicted molar refractivity (Wildman–Crippen MR) is 23.2 cm³/mol. The van der Waals surface area contributed by atoms with Crippen molar-refractivity contribution in [3.8, 4) is 0 Å². The number of aliphatic hydroxyl groups is 1. The first kappa shape index (κ1) is 5.50. The summed E-state index contributed by atoms with van der Waals surface area (Å²) in [5, 5.41) is 8.11. The minimum absolute atomic E-state index is 0.0868. The molecule has 2 heteroatoms. The lowest BCUT2D eigenvalue weighted by atomic mass is 10.6. The van der Waals surface area contributed by atoms with E-state index < -0.39 is 0 Å². The van der Waals surface area contributed by atoms with Crippen molar-refractivity contribution in [1.82, 2.24) is 0 Å². The summed E-state index contributed by atoms with van der Waals surface area (Å²) in [6.45, 7) is 3.23. The third-order valence-corrected chi connectivity index (χ3v) is 0.465. The van der Waals surface area contributed by atoms with Gasteiger partial charge in [-0.3, -0.25) is 0 Å². The van der Waals surface area contributed by atoms with Crippen molar-refractivity contribution in [3.63, 3.8) is 0 Å². The first-order chi connectivity index (χ1) is 2.81. The largest absolute Gasteiger partial charge is 0.499 e. The van der Waals surface area contributed by atoms with Crippen molar-refractivity contribution in [2.24, 2.45) is 0 Å². The van der Waals surface area contributed by atoms with Gasteiger partial charge in [-0.1, -0.05) is 6.58 Å². The molecule has 6 heavy (non-hydrogen) atoms. The van der Waals surface area contributed by atoms with Crippen molar-refractivity contribution >= 4 is 0 Å². The molecule has 0 aromatic rings. The second kappa shape index (κ2) is 2.72. The monoisotopic (exact) mass is 88.1 g/mol. The van der Waals surface area contributed by atoms with Gasteiger partial charge in [0.15, 0.2) is 0 Å². The van der Waals surface area contributed by atoms with Gasteiger partial charge < -0.3 is 9.84 Å². The van der Waals surface area contributed by atoms with E-state index in [0.717, 1.165) is 0 Å². The van der Waals surface area contributed by atoms with E-state index in [4.69, 9.17) is 5.11 Å². The molecule has 0 saturated heterocycles. The fraction of sp³-hybridized carbons (Fsp3) is 0.500. The van der Waals surface area contributed by atoms with E-state index in [1.165, 1.54) is 7.11 Å². The second-order valence-electron chi connectivity index (χ2n) is 0.901. The highest BCUT2D eigenvalue weighted by molar-refractivity contribution is 4.78. The number of aliphatic hydroxyl groups excluding tert-OH is 1. The molecule has 0 heterocycles. The highest BCUT2D eigenvalue weighted by atomic mass is 16.5. The van der Waals surface area contributed by atoms with Gasteiger partial charge in [0, 0.05) is 0 Å². The fourth-order valence-electron chi connectivity index (χ4n) is 0.0645. The summed E-state index contributed by atoms with van der Waals surface area (Å²) in [5.74, 6) is 0.398. The van der Waals surface area contributed by atoms with E-state index in [-0.39, 0.29) is 6.61 Å². The van der Waals surface area contributed by atoms with Gasteiger partial charge in [-0.15, -0.1) is 0 Å². The van der Waals surface area contributed by atoms with Crippen LogP contribution in [0.25, 0.3) is 0 Å². The maximum atomic E-state index is 8.11. The molecule has 0 aliphatic rings. The molecule has 0 fully saturated rings. The Morgan fingerprint density at radius 3 is 2.50 bits per heavy atom. The molecule has 0 bridgehead atoms. The van der Waals surface area contributed by atoms with Gasteiger partial charge in [0.25, 0.3) is 0 Å². The number of hydrogen-bond acceptors (Lipinski definition) is 2. The quantitative estimate of drug-likeness (QED) is 0.486. The molecule has 1 N–H and O–H groups in total. The molecule has 0 aliphatic carbocycles. The Labute approximate surface area is 37.1 Å². The van der Waals surface area contributed by atoms with Crippen molar-refractivity contribution < 1.29 is 9.84 Å². The van der Waals surface area contributed by atoms with Crippen LogP contribution in [-0.4, -0.2) is 18.8 Å². The first-order valence-electron chi connectivity index (χ1n) is 1.64. The van der Waals surface area contributed by atoms with Gasteiger partial charge in [-0.2, -0.15) is 0 Å². The maximum absolute atomic E-state index is 8.11. The summed E-state index contributed by atoms with van der Waals surface area (Å²) in [6.07, 6.45) is 0. The Balaban J connectivity index is 2.99. The summed E-state index contributed by atoms with van der Waals surface area (Å²) in [6, 6.07) is 0. The zero-order valence-electron chi connectivity index (χ0n) is 3.77. The Bertz CT molecular complexity index is 43.5. The molecule has 0 atom stereocenters. The van der Waals surface area contributed by atoms with Crippen LogP contribution in [0.5, 0.6) is 0 Å². The van der Waals surface area contributed by atoms with Crippen LogP contribution in [0, 0.1) is 0 Å². The van der Waals surface area contributed by atoms with Crippen LogP contribution >= 0.6 is 0 Å². The van der Waals surface area contributed by atoms with Crippen LogP contribution in [0.15, 0.2) is 12.3 Å². The zero-order valence-corrected chi connectivity index (χ0v) is 3.77. The van der Waals surface area contributed by atoms with Crippen LogP contribution < -0.4 is 0 Å². The molecule has 0 aliphatic heterocycles. The molecule has 36 valence electrons. The summed E-state index contributed by atoms with van der Waals surface area (Å²) >= 11 is 0. The molecule has 2 nitrogen and oxygen atoms in total. The normalized spacial score (nSPS) is 7.67. The van der Waals surface area contributed by atoms with Gasteiger partial charge in [0.1, 0.15) is 5.76 Å². The highest BCUT2D eigenvalue weighted by Crippen LogP contribution is 1.82. The van der Waals surface area contributed by atoms with Crippen LogP contribution in [0.3, 0.4) is 0 Å². The van der Waals surface area contributed by atoms with E-state index in [9.17, 15) is 0 Å². The average Bonchev–Trinajstić information content (AvgIpc) is 1.65. The molecule has 0 spiro atoms. The van der Waals surface area contributed by atoms with Crippen molar-refractivity contribution in [1.29, 1.82) is 0 Å². The van der Waals surface area contributed by atoms with Gasteiger partial charge in [-0.25, -0.2) is 0 Å². The smallest absolute Gasteiger partial charge is 0.114 e. The lowest BCUT2D eigenvalue weighted by Gasteiger charge is -1.94. The lowest BCUT2D eigenvalue weighted by Crippen LogP contribution is -1.88. The van der Waals surface area contributed by atoms with E-state index in [1.54, 1.807) is 0 Å². The highest BCUT2D eigenvalue weighted by Gasteiger charge is 1.79. The summed E-state index contributed by atoms with van der Waals surface area (Å²) < 4.78 is 4.45.